The lowest BCUT2D eigenvalue weighted by atomic mass is 9.97. The molecule has 0 aliphatic rings. The van der Waals surface area contributed by atoms with E-state index in [1.165, 1.54) is 19.3 Å². The topological polar surface area (TPSA) is 93.2 Å². The second-order valence-electron chi connectivity index (χ2n) is 5.57. The third kappa shape index (κ3) is 3.83. The number of nitrogens with zero attached hydrogens (tertiary/aromatic N) is 2. The Balaban J connectivity index is 2.27. The minimum absolute atomic E-state index is 0.0891. The Morgan fingerprint density at radius 3 is 2.58 bits per heavy atom. The molecular formula is C15H15BrF4N4O2. The number of nitrogens with two attached hydrogens (primary N) is 1. The summed E-state index contributed by atoms with van der Waals surface area (Å²) in [5.41, 5.74) is 1.31. The number of carbonyl (C=O) groups is 1. The van der Waals surface area contributed by atoms with E-state index in [4.69, 9.17) is 5.73 Å². The summed E-state index contributed by atoms with van der Waals surface area (Å²) in [6.45, 7) is -0.432. The largest absolute Gasteiger partial charge is 0.424 e. The van der Waals surface area contributed by atoms with Crippen LogP contribution >= 0.6 is 15.9 Å². The van der Waals surface area contributed by atoms with Crippen LogP contribution in [0.5, 0.6) is 0 Å². The third-order valence-electron chi connectivity index (χ3n) is 3.76. The SMILES string of the molecule is Cn1ccnc1C(O)(CCNc1cc(Br)cc(F)c1C(N)=O)C(F)(F)F. The minimum atomic E-state index is -5.00. The number of imidazole rings is 1. The molecule has 0 bridgehead atoms. The van der Waals surface area contributed by atoms with Gasteiger partial charge in [0, 0.05) is 36.9 Å². The average Bonchev–Trinajstić information content (AvgIpc) is 2.91. The Morgan fingerprint density at radius 1 is 1.42 bits per heavy atom. The zero-order valence-electron chi connectivity index (χ0n) is 13.4. The predicted octanol–water partition coefficient (Wildman–Crippen LogP) is 2.67. The van der Waals surface area contributed by atoms with Gasteiger partial charge in [-0.25, -0.2) is 9.37 Å². The molecule has 0 saturated carbocycles. The summed E-state index contributed by atoms with van der Waals surface area (Å²) in [6, 6.07) is 2.31. The molecule has 2 rings (SSSR count). The molecule has 1 atom stereocenters. The number of rotatable bonds is 6. The summed E-state index contributed by atoms with van der Waals surface area (Å²) in [5, 5.41) is 12.7. The van der Waals surface area contributed by atoms with Gasteiger partial charge in [0.05, 0.1) is 11.3 Å². The quantitative estimate of drug-likeness (QED) is 0.604. The van der Waals surface area contributed by atoms with Crippen LogP contribution in [0.15, 0.2) is 29.0 Å². The number of aliphatic hydroxyl groups is 1. The number of benzene rings is 1. The summed E-state index contributed by atoms with van der Waals surface area (Å²) in [4.78, 5) is 15.0. The molecule has 1 aromatic heterocycles. The van der Waals surface area contributed by atoms with E-state index >= 15 is 0 Å². The number of amides is 1. The summed E-state index contributed by atoms with van der Waals surface area (Å²) in [5.74, 6) is -2.58. The first-order chi connectivity index (χ1) is 12.0. The Labute approximate surface area is 154 Å². The molecular weight excluding hydrogens is 424 g/mol. The highest BCUT2D eigenvalue weighted by atomic mass is 79.9. The summed E-state index contributed by atoms with van der Waals surface area (Å²) in [6.07, 6.45) is -3.42. The number of nitrogens with one attached hydrogen (secondary N) is 1. The number of hydrogen-bond acceptors (Lipinski definition) is 4. The fourth-order valence-corrected chi connectivity index (χ4v) is 2.92. The van der Waals surface area contributed by atoms with Gasteiger partial charge in [-0.2, -0.15) is 13.2 Å². The zero-order chi connectivity index (χ0) is 19.7. The molecule has 0 saturated heterocycles. The Morgan fingerprint density at radius 2 is 2.08 bits per heavy atom. The van der Waals surface area contributed by atoms with E-state index in [1.54, 1.807) is 0 Å². The fraction of sp³-hybridized carbons (Fsp3) is 0.333. The van der Waals surface area contributed by atoms with Gasteiger partial charge >= 0.3 is 6.18 Å². The molecule has 142 valence electrons. The van der Waals surface area contributed by atoms with Gasteiger partial charge in [-0.05, 0) is 12.1 Å². The van der Waals surface area contributed by atoms with Crippen molar-refractivity contribution >= 4 is 27.5 Å². The van der Waals surface area contributed by atoms with Gasteiger partial charge in [-0.3, -0.25) is 4.79 Å². The molecule has 0 aliphatic heterocycles. The third-order valence-corrected chi connectivity index (χ3v) is 4.22. The lowest BCUT2D eigenvalue weighted by molar-refractivity contribution is -0.271. The van der Waals surface area contributed by atoms with Crippen molar-refractivity contribution in [1.82, 2.24) is 9.55 Å². The van der Waals surface area contributed by atoms with Gasteiger partial charge < -0.3 is 20.7 Å². The van der Waals surface area contributed by atoms with Crippen molar-refractivity contribution in [3.8, 4) is 0 Å². The number of aryl methyl sites for hydroxylation is 1. The molecule has 0 spiro atoms. The first kappa shape index (κ1) is 20.2. The molecule has 1 amide bonds. The average molecular weight is 439 g/mol. The van der Waals surface area contributed by atoms with Crippen molar-refractivity contribution < 1.29 is 27.5 Å². The Hall–Kier alpha value is -2.14. The van der Waals surface area contributed by atoms with Gasteiger partial charge in [0.25, 0.3) is 5.91 Å². The van der Waals surface area contributed by atoms with E-state index in [1.807, 2.05) is 0 Å². The number of halogens is 5. The van der Waals surface area contributed by atoms with Crippen LogP contribution in [0.2, 0.25) is 0 Å². The molecule has 0 radical (unpaired) electrons. The van der Waals surface area contributed by atoms with Crippen molar-refractivity contribution in [3.63, 3.8) is 0 Å². The maximum atomic E-state index is 13.9. The van der Waals surface area contributed by atoms with Gasteiger partial charge in [0.15, 0.2) is 0 Å². The van der Waals surface area contributed by atoms with Gasteiger partial charge in [-0.1, -0.05) is 15.9 Å². The van der Waals surface area contributed by atoms with Crippen LogP contribution in [0.1, 0.15) is 22.6 Å². The first-order valence-corrected chi connectivity index (χ1v) is 8.06. The van der Waals surface area contributed by atoms with Crippen LogP contribution in [-0.4, -0.2) is 33.3 Å². The fourth-order valence-electron chi connectivity index (χ4n) is 2.49. The van der Waals surface area contributed by atoms with E-state index in [-0.39, 0.29) is 10.2 Å². The molecule has 6 nitrogen and oxygen atoms in total. The van der Waals surface area contributed by atoms with Gasteiger partial charge in [0.2, 0.25) is 5.60 Å². The van der Waals surface area contributed by atoms with Crippen molar-refractivity contribution in [2.24, 2.45) is 12.8 Å². The summed E-state index contributed by atoms with van der Waals surface area (Å²) < 4.78 is 55.5. The predicted molar refractivity (Wildman–Crippen MR) is 88.9 cm³/mol. The van der Waals surface area contributed by atoms with Crippen molar-refractivity contribution in [1.29, 1.82) is 0 Å². The molecule has 26 heavy (non-hydrogen) atoms. The van der Waals surface area contributed by atoms with Crippen molar-refractivity contribution in [2.45, 2.75) is 18.2 Å². The van der Waals surface area contributed by atoms with Crippen molar-refractivity contribution in [2.75, 3.05) is 11.9 Å². The van der Waals surface area contributed by atoms with Gasteiger partial charge in [0.1, 0.15) is 11.6 Å². The normalized spacial score (nSPS) is 14.1. The minimum Gasteiger partial charge on any atom is -0.384 e. The highest BCUT2D eigenvalue weighted by Gasteiger charge is 2.57. The Bertz CT molecular complexity index is 824. The number of primary amides is 1. The highest BCUT2D eigenvalue weighted by Crippen LogP contribution is 2.40. The lowest BCUT2D eigenvalue weighted by Crippen LogP contribution is -2.45. The van der Waals surface area contributed by atoms with Crippen LogP contribution in [0, 0.1) is 5.82 Å². The number of aromatic nitrogens is 2. The number of hydrogen-bond donors (Lipinski definition) is 3. The summed E-state index contributed by atoms with van der Waals surface area (Å²) >= 11 is 3.03. The van der Waals surface area contributed by atoms with Crippen LogP contribution < -0.4 is 11.1 Å². The summed E-state index contributed by atoms with van der Waals surface area (Å²) in [7, 11) is 1.32. The zero-order valence-corrected chi connectivity index (χ0v) is 15.0. The van der Waals surface area contributed by atoms with Gasteiger partial charge in [-0.15, -0.1) is 0 Å². The number of carbonyl (C=O) groups excluding carboxylic acids is 1. The molecule has 4 N–H and O–H groups in total. The highest BCUT2D eigenvalue weighted by molar-refractivity contribution is 9.10. The van der Waals surface area contributed by atoms with E-state index in [0.29, 0.717) is 0 Å². The van der Waals surface area contributed by atoms with Crippen LogP contribution in [0.3, 0.4) is 0 Å². The van der Waals surface area contributed by atoms with Crippen molar-refractivity contribution in [3.05, 3.63) is 46.2 Å². The second-order valence-corrected chi connectivity index (χ2v) is 6.49. The van der Waals surface area contributed by atoms with E-state index in [9.17, 15) is 27.5 Å². The molecule has 1 unspecified atom stereocenters. The van der Waals surface area contributed by atoms with Crippen LogP contribution in [0.4, 0.5) is 23.2 Å². The molecule has 1 heterocycles. The maximum absolute atomic E-state index is 13.9. The number of alkyl halides is 3. The van der Waals surface area contributed by atoms with Crippen LogP contribution in [-0.2, 0) is 12.6 Å². The molecule has 1 aromatic carbocycles. The number of anilines is 1. The smallest absolute Gasteiger partial charge is 0.384 e. The monoisotopic (exact) mass is 438 g/mol. The molecule has 2 aromatic rings. The van der Waals surface area contributed by atoms with E-state index < -0.39 is 47.9 Å². The van der Waals surface area contributed by atoms with Crippen LogP contribution in [0.25, 0.3) is 0 Å². The van der Waals surface area contributed by atoms with E-state index in [2.05, 4.69) is 26.2 Å². The molecule has 0 aliphatic carbocycles. The Kier molecular flexibility index (Phi) is 5.61. The molecule has 11 heteroatoms. The first-order valence-electron chi connectivity index (χ1n) is 7.27. The lowest BCUT2D eigenvalue weighted by Gasteiger charge is -2.30. The second kappa shape index (κ2) is 7.23. The standard InChI is InChI=1S/C15H15BrF4N4O2/c1-24-5-4-23-13(24)14(26,15(18,19)20)2-3-22-10-7-8(16)6-9(17)11(10)12(21)25/h4-7,22,26H,2-3H2,1H3,(H2,21,25). The van der Waals surface area contributed by atoms with E-state index in [0.717, 1.165) is 16.8 Å². The maximum Gasteiger partial charge on any atom is 0.424 e. The molecule has 0 fully saturated rings.